The first-order chi connectivity index (χ1) is 11.2. The zero-order chi connectivity index (χ0) is 16.1. The molecule has 6 nitrogen and oxygen atoms in total. The van der Waals surface area contributed by atoms with Crippen LogP contribution in [-0.2, 0) is 29.0 Å². The lowest BCUT2D eigenvalue weighted by molar-refractivity contribution is -0.121. The van der Waals surface area contributed by atoms with E-state index in [9.17, 15) is 9.82 Å². The molecule has 0 aliphatic carbocycles. The van der Waals surface area contributed by atoms with Gasteiger partial charge in [-0.2, -0.15) is 0 Å². The van der Waals surface area contributed by atoms with Gasteiger partial charge in [0.15, 0.2) is 0 Å². The quantitative estimate of drug-likeness (QED) is 0.567. The molecule has 0 saturated heterocycles. The molecule has 0 saturated carbocycles. The Bertz CT molecular complexity index is 661. The van der Waals surface area contributed by atoms with Crippen molar-refractivity contribution in [2.24, 2.45) is 0 Å². The number of amides is 1. The van der Waals surface area contributed by atoms with Crippen LogP contribution in [0.3, 0.4) is 0 Å². The molecule has 0 bridgehead atoms. The van der Waals surface area contributed by atoms with Crippen LogP contribution in [0.4, 0.5) is 0 Å². The van der Waals surface area contributed by atoms with E-state index in [0.29, 0.717) is 26.0 Å². The normalized spacial score (nSPS) is 13.2. The Morgan fingerprint density at radius 2 is 2.39 bits per heavy atom. The Hall–Kier alpha value is -2.12. The molecular formula is C16H20BN3O3. The molecule has 2 N–H and O–H groups in total. The maximum absolute atomic E-state index is 11.9. The fraction of sp³-hybridized carbons (Fsp3) is 0.375. The highest BCUT2D eigenvalue weighted by Crippen LogP contribution is 2.13. The molecule has 120 valence electrons. The summed E-state index contributed by atoms with van der Waals surface area (Å²) in [6.45, 7) is 1.93. The summed E-state index contributed by atoms with van der Waals surface area (Å²) in [7, 11) is -0.862. The van der Waals surface area contributed by atoms with Crippen LogP contribution in [0.2, 0.25) is 0 Å². The first-order valence-electron chi connectivity index (χ1n) is 7.87. The van der Waals surface area contributed by atoms with Crippen molar-refractivity contribution in [3.05, 3.63) is 48.0 Å². The minimum atomic E-state index is -0.862. The van der Waals surface area contributed by atoms with Gasteiger partial charge in [-0.15, -0.1) is 0 Å². The minimum Gasteiger partial charge on any atom is -0.423 e. The van der Waals surface area contributed by atoms with Crippen molar-refractivity contribution in [3.63, 3.8) is 0 Å². The number of carbonyl (C=O) groups excluding carboxylic acids is 1. The molecule has 3 rings (SSSR count). The second-order valence-electron chi connectivity index (χ2n) is 5.66. The third-order valence-electron chi connectivity index (χ3n) is 4.03. The van der Waals surface area contributed by atoms with Crippen molar-refractivity contribution in [3.8, 4) is 0 Å². The van der Waals surface area contributed by atoms with E-state index >= 15 is 0 Å². The first-order valence-corrected chi connectivity index (χ1v) is 7.87. The van der Waals surface area contributed by atoms with Gasteiger partial charge in [0.1, 0.15) is 0 Å². The summed E-state index contributed by atoms with van der Waals surface area (Å²) in [4.78, 5) is 15.9. The van der Waals surface area contributed by atoms with E-state index in [1.54, 1.807) is 12.5 Å². The van der Waals surface area contributed by atoms with Gasteiger partial charge in [0.25, 0.3) is 0 Å². The van der Waals surface area contributed by atoms with E-state index in [1.807, 2.05) is 29.0 Å². The average molecular weight is 313 g/mol. The van der Waals surface area contributed by atoms with Gasteiger partial charge in [-0.3, -0.25) is 4.79 Å². The third kappa shape index (κ3) is 4.00. The SMILES string of the molecule is O=C(CCc1cccc2c1B(O)OC2)NCCCn1ccnc1. The Kier molecular flexibility index (Phi) is 5.10. The van der Waals surface area contributed by atoms with Gasteiger partial charge in [-0.1, -0.05) is 18.2 Å². The summed E-state index contributed by atoms with van der Waals surface area (Å²) < 4.78 is 7.22. The van der Waals surface area contributed by atoms with Gasteiger partial charge in [-0.25, -0.2) is 4.98 Å². The lowest BCUT2D eigenvalue weighted by atomic mass is 9.75. The molecule has 0 spiro atoms. The molecule has 2 aromatic rings. The molecule has 1 amide bonds. The second kappa shape index (κ2) is 7.43. The predicted molar refractivity (Wildman–Crippen MR) is 87.0 cm³/mol. The van der Waals surface area contributed by atoms with E-state index in [4.69, 9.17) is 4.65 Å². The number of aryl methyl sites for hydroxylation is 2. The summed E-state index contributed by atoms with van der Waals surface area (Å²) in [5, 5.41) is 12.8. The standard InChI is InChI=1S/C16H20BN3O3/c21-15(19-7-2-9-20-10-8-18-12-20)6-5-13-3-1-4-14-11-23-17(22)16(13)14/h1,3-4,8,10,12,22H,2,5-7,9,11H2,(H,19,21). The zero-order valence-electron chi connectivity index (χ0n) is 12.9. The number of imidazole rings is 1. The van der Waals surface area contributed by atoms with Crippen LogP contribution >= 0.6 is 0 Å². The van der Waals surface area contributed by atoms with Crippen LogP contribution in [0, 0.1) is 0 Å². The van der Waals surface area contributed by atoms with Crippen molar-refractivity contribution in [1.29, 1.82) is 0 Å². The maximum atomic E-state index is 11.9. The lowest BCUT2D eigenvalue weighted by Gasteiger charge is -2.09. The van der Waals surface area contributed by atoms with Gasteiger partial charge >= 0.3 is 7.12 Å². The summed E-state index contributed by atoms with van der Waals surface area (Å²) in [5.74, 6) is 0.0293. The average Bonchev–Trinajstić information content (AvgIpc) is 3.20. The molecular weight excluding hydrogens is 293 g/mol. The van der Waals surface area contributed by atoms with Crippen LogP contribution in [-0.4, -0.2) is 34.1 Å². The Morgan fingerprint density at radius 3 is 3.22 bits per heavy atom. The number of aromatic nitrogens is 2. The summed E-state index contributed by atoms with van der Waals surface area (Å²) in [6, 6.07) is 5.84. The number of carbonyl (C=O) groups is 1. The van der Waals surface area contributed by atoms with E-state index in [2.05, 4.69) is 10.3 Å². The van der Waals surface area contributed by atoms with Crippen LogP contribution in [0.25, 0.3) is 0 Å². The molecule has 1 aromatic carbocycles. The molecule has 1 aromatic heterocycles. The summed E-state index contributed by atoms with van der Waals surface area (Å²) in [6.07, 6.45) is 7.31. The van der Waals surface area contributed by atoms with E-state index in [0.717, 1.165) is 29.6 Å². The van der Waals surface area contributed by atoms with Gasteiger partial charge in [0, 0.05) is 31.9 Å². The molecule has 7 heteroatoms. The highest BCUT2D eigenvalue weighted by atomic mass is 16.5. The molecule has 1 aliphatic heterocycles. The summed E-state index contributed by atoms with van der Waals surface area (Å²) >= 11 is 0. The number of hydrogen-bond donors (Lipinski definition) is 2. The molecule has 23 heavy (non-hydrogen) atoms. The van der Waals surface area contributed by atoms with Crippen molar-refractivity contribution in [1.82, 2.24) is 14.9 Å². The molecule has 0 fully saturated rings. The Labute approximate surface area is 135 Å². The largest absolute Gasteiger partial charge is 0.492 e. The van der Waals surface area contributed by atoms with Crippen molar-refractivity contribution >= 4 is 18.5 Å². The molecule has 1 aliphatic rings. The minimum absolute atomic E-state index is 0.0293. The van der Waals surface area contributed by atoms with E-state index < -0.39 is 7.12 Å². The topological polar surface area (TPSA) is 76.4 Å². The highest BCUT2D eigenvalue weighted by molar-refractivity contribution is 6.62. The van der Waals surface area contributed by atoms with Gasteiger partial charge < -0.3 is 19.6 Å². The Morgan fingerprint density at radius 1 is 1.48 bits per heavy atom. The van der Waals surface area contributed by atoms with E-state index in [1.165, 1.54) is 0 Å². The van der Waals surface area contributed by atoms with Crippen LogP contribution in [0.5, 0.6) is 0 Å². The number of hydrogen-bond acceptors (Lipinski definition) is 4. The maximum Gasteiger partial charge on any atom is 0.492 e. The van der Waals surface area contributed by atoms with Crippen molar-refractivity contribution < 1.29 is 14.5 Å². The number of nitrogens with zero attached hydrogens (tertiary/aromatic N) is 2. The smallest absolute Gasteiger partial charge is 0.423 e. The third-order valence-corrected chi connectivity index (χ3v) is 4.03. The Balaban J connectivity index is 1.42. The fourth-order valence-corrected chi connectivity index (χ4v) is 2.82. The van der Waals surface area contributed by atoms with Crippen molar-refractivity contribution in [2.45, 2.75) is 32.4 Å². The molecule has 0 radical (unpaired) electrons. The number of rotatable bonds is 7. The number of benzene rings is 1. The second-order valence-corrected chi connectivity index (χ2v) is 5.66. The number of nitrogens with one attached hydrogen (secondary N) is 1. The van der Waals surface area contributed by atoms with Gasteiger partial charge in [0.2, 0.25) is 5.91 Å². The summed E-state index contributed by atoms with van der Waals surface area (Å²) in [5.41, 5.74) is 2.83. The van der Waals surface area contributed by atoms with Crippen LogP contribution in [0.1, 0.15) is 24.0 Å². The highest BCUT2D eigenvalue weighted by Gasteiger charge is 2.29. The zero-order valence-corrected chi connectivity index (χ0v) is 12.9. The first kappa shape index (κ1) is 15.8. The molecule has 2 heterocycles. The molecule has 0 atom stereocenters. The lowest BCUT2D eigenvalue weighted by Crippen LogP contribution is -2.32. The van der Waals surface area contributed by atoms with E-state index in [-0.39, 0.29) is 5.91 Å². The van der Waals surface area contributed by atoms with Crippen molar-refractivity contribution in [2.75, 3.05) is 6.54 Å². The monoisotopic (exact) mass is 313 g/mol. The van der Waals surface area contributed by atoms with Crippen LogP contribution in [0.15, 0.2) is 36.9 Å². The van der Waals surface area contributed by atoms with Crippen LogP contribution < -0.4 is 10.8 Å². The molecule has 0 unspecified atom stereocenters. The predicted octanol–water partition coefficient (Wildman–Crippen LogP) is 0.240. The number of fused-ring (bicyclic) bond motifs is 1. The van der Waals surface area contributed by atoms with Gasteiger partial charge in [-0.05, 0) is 29.4 Å². The van der Waals surface area contributed by atoms with Gasteiger partial charge in [0.05, 0.1) is 12.9 Å². The fourth-order valence-electron chi connectivity index (χ4n) is 2.82.